The number of hydrogen-bond donors (Lipinski definition) is 2. The molecule has 3 fully saturated rings. The number of phenolic OH excluding ortho intramolecular Hbond substituents is 1. The maximum Gasteiger partial charge on any atom is 0.409 e. The number of amides is 4. The first kappa shape index (κ1) is 39.9. The molecule has 2 aromatic rings. The van der Waals surface area contributed by atoms with Gasteiger partial charge in [0, 0.05) is 75.9 Å². The zero-order valence-corrected chi connectivity index (χ0v) is 32.3. The zero-order valence-electron chi connectivity index (χ0n) is 32.3. The maximum atomic E-state index is 13.0. The third kappa shape index (κ3) is 10.4. The van der Waals surface area contributed by atoms with Crippen LogP contribution in [0.2, 0.25) is 0 Å². The molecule has 4 amide bonds. The molecule has 3 heterocycles. The second-order valence-electron chi connectivity index (χ2n) is 15.2. The number of esters is 1. The summed E-state index contributed by atoms with van der Waals surface area (Å²) in [5, 5.41) is 13.0. The van der Waals surface area contributed by atoms with Crippen LogP contribution in [-0.2, 0) is 31.9 Å². The van der Waals surface area contributed by atoms with Gasteiger partial charge in [0.1, 0.15) is 5.75 Å². The number of ether oxygens (including phenoxy) is 2. The summed E-state index contributed by atoms with van der Waals surface area (Å²) < 4.78 is 9.55. The van der Waals surface area contributed by atoms with Crippen molar-refractivity contribution in [2.45, 2.75) is 90.6 Å². The highest BCUT2D eigenvalue weighted by atomic mass is 16.5. The lowest BCUT2D eigenvalue weighted by Gasteiger charge is -2.42. The smallest absolute Gasteiger partial charge is 0.409 e. The lowest BCUT2D eigenvalue weighted by Crippen LogP contribution is -2.53. The van der Waals surface area contributed by atoms with E-state index in [-0.39, 0.29) is 36.0 Å². The Morgan fingerprint density at radius 2 is 1.47 bits per heavy atom. The van der Waals surface area contributed by atoms with Gasteiger partial charge in [-0.25, -0.2) is 9.59 Å². The number of methoxy groups -OCH3 is 2. The fraction of sp³-hybridized carbons (Fsp3) is 0.610. The summed E-state index contributed by atoms with van der Waals surface area (Å²) in [5.41, 5.74) is 4.91. The van der Waals surface area contributed by atoms with Crippen LogP contribution in [0.25, 0.3) is 0 Å². The van der Waals surface area contributed by atoms with Crippen molar-refractivity contribution >= 4 is 29.7 Å². The van der Waals surface area contributed by atoms with E-state index < -0.39 is 0 Å². The molecule has 6 rings (SSSR count). The Morgan fingerprint density at radius 3 is 2.09 bits per heavy atom. The molecule has 290 valence electrons. The molecule has 0 unspecified atom stereocenters. The summed E-state index contributed by atoms with van der Waals surface area (Å²) in [6.07, 6.45) is 7.82. The van der Waals surface area contributed by atoms with Crippen LogP contribution in [0.15, 0.2) is 36.4 Å². The number of benzene rings is 2. The van der Waals surface area contributed by atoms with Gasteiger partial charge in [-0.3, -0.25) is 14.5 Å². The van der Waals surface area contributed by atoms with E-state index >= 15 is 0 Å². The molecule has 3 aliphatic heterocycles. The minimum atomic E-state index is -0.286. The number of piperidine rings is 1. The van der Waals surface area contributed by atoms with Crippen LogP contribution in [0, 0.1) is 25.7 Å². The van der Waals surface area contributed by atoms with E-state index in [9.17, 15) is 24.3 Å². The molecular weight excluding hydrogens is 674 g/mol. The first-order valence-electron chi connectivity index (χ1n) is 19.3. The number of anilines is 1. The van der Waals surface area contributed by atoms with Crippen LogP contribution >= 0.6 is 0 Å². The Morgan fingerprint density at radius 1 is 0.830 bits per heavy atom. The molecule has 0 bridgehead atoms. The predicted octanol–water partition coefficient (Wildman–Crippen LogP) is 5.76. The number of carbonyl (C=O) groups excluding carboxylic acids is 4. The van der Waals surface area contributed by atoms with Crippen molar-refractivity contribution in [1.29, 1.82) is 0 Å². The Kier molecular flexibility index (Phi) is 14.0. The van der Waals surface area contributed by atoms with Crippen molar-refractivity contribution in [2.24, 2.45) is 11.8 Å². The van der Waals surface area contributed by atoms with Gasteiger partial charge < -0.3 is 34.6 Å². The summed E-state index contributed by atoms with van der Waals surface area (Å²) in [4.78, 5) is 56.7. The highest BCUT2D eigenvalue weighted by Gasteiger charge is 2.33. The van der Waals surface area contributed by atoms with Crippen molar-refractivity contribution in [1.82, 2.24) is 19.6 Å². The van der Waals surface area contributed by atoms with E-state index in [0.29, 0.717) is 50.2 Å². The predicted molar refractivity (Wildman–Crippen MR) is 204 cm³/mol. The number of nitrogens with zero attached hydrogens (tertiary/aromatic N) is 4. The van der Waals surface area contributed by atoms with E-state index in [4.69, 9.17) is 9.47 Å². The molecular formula is C41H59N5O7. The van der Waals surface area contributed by atoms with Gasteiger partial charge in [0.25, 0.3) is 0 Å². The quantitative estimate of drug-likeness (QED) is 0.344. The van der Waals surface area contributed by atoms with Crippen LogP contribution in [0.4, 0.5) is 15.3 Å². The number of fused-ring (bicyclic) bond motifs is 1. The minimum absolute atomic E-state index is 0.0403. The van der Waals surface area contributed by atoms with Crippen LogP contribution < -0.4 is 5.32 Å². The third-order valence-corrected chi connectivity index (χ3v) is 11.6. The average molecular weight is 734 g/mol. The molecule has 0 radical (unpaired) electrons. The standard InChI is InChI=1S/C25H38N2O4.C16H21N3O3/c1-17-13-21(14-18(2)24(17)29)15-19(3)25(30)27-11-9-26(10-12-27)22-7-5-20(6-8-22)16-23(28)31-4;1-22-16(21)18-9-7-13(8-10-18)19-11-6-12-4-2-3-5-14(12)17-15(19)20/h13-14,19-20,22,29H,5-12,15-16H2,1-4H3;2-5,13H,6-11H2,1H3,(H,17,20)/t19-,20?,22?;/m1./s1. The van der Waals surface area contributed by atoms with Crippen LogP contribution in [0.3, 0.4) is 0 Å². The van der Waals surface area contributed by atoms with Gasteiger partial charge in [-0.05, 0) is 99.5 Å². The lowest BCUT2D eigenvalue weighted by molar-refractivity contribution is -0.142. The van der Waals surface area contributed by atoms with E-state index in [0.717, 1.165) is 93.5 Å². The number of carbonyl (C=O) groups is 4. The number of nitrogens with one attached hydrogen (secondary N) is 1. The van der Waals surface area contributed by atoms with Gasteiger partial charge in [-0.2, -0.15) is 0 Å². The number of aryl methyl sites for hydroxylation is 2. The molecule has 12 heteroatoms. The average Bonchev–Trinajstić information content (AvgIpc) is 3.34. The van der Waals surface area contributed by atoms with Gasteiger partial charge >= 0.3 is 18.1 Å². The number of likely N-dealkylation sites (tertiary alicyclic amines) is 1. The van der Waals surface area contributed by atoms with Crippen LogP contribution in [-0.4, -0.2) is 121 Å². The van der Waals surface area contributed by atoms with Crippen molar-refractivity contribution in [3.63, 3.8) is 0 Å². The monoisotopic (exact) mass is 733 g/mol. The van der Waals surface area contributed by atoms with Gasteiger partial charge in [-0.15, -0.1) is 0 Å². The Bertz CT molecular complexity index is 1550. The van der Waals surface area contributed by atoms with Crippen molar-refractivity contribution in [3.05, 3.63) is 58.7 Å². The number of aromatic hydroxyl groups is 1. The Balaban J connectivity index is 0.000000216. The fourth-order valence-corrected chi connectivity index (χ4v) is 8.48. The lowest BCUT2D eigenvalue weighted by atomic mass is 9.83. The summed E-state index contributed by atoms with van der Waals surface area (Å²) in [5.74, 6) is 0.869. The normalized spacial score (nSPS) is 21.7. The van der Waals surface area contributed by atoms with Gasteiger partial charge in [0.2, 0.25) is 5.91 Å². The van der Waals surface area contributed by atoms with Crippen molar-refractivity contribution in [2.75, 3.05) is 65.3 Å². The second-order valence-corrected chi connectivity index (χ2v) is 15.2. The number of para-hydroxylation sites is 1. The molecule has 1 saturated carbocycles. The minimum Gasteiger partial charge on any atom is -0.507 e. The Labute approximate surface area is 314 Å². The van der Waals surface area contributed by atoms with E-state index in [1.807, 2.05) is 60.9 Å². The van der Waals surface area contributed by atoms with Crippen molar-refractivity contribution < 1.29 is 33.8 Å². The van der Waals surface area contributed by atoms with E-state index in [1.165, 1.54) is 19.8 Å². The SMILES string of the molecule is COC(=O)CC1CCC(N2CCN(C(=O)[C@H](C)Cc3cc(C)c(O)c(C)c3)CC2)CC1.COC(=O)N1CCC(N2CCc3ccccc3NC2=O)CC1. The molecule has 53 heavy (non-hydrogen) atoms. The van der Waals surface area contributed by atoms with E-state index in [2.05, 4.69) is 16.3 Å². The molecule has 12 nitrogen and oxygen atoms in total. The van der Waals surface area contributed by atoms with Gasteiger partial charge in [-0.1, -0.05) is 37.3 Å². The molecule has 2 aromatic carbocycles. The highest BCUT2D eigenvalue weighted by Crippen LogP contribution is 2.31. The summed E-state index contributed by atoms with van der Waals surface area (Å²) >= 11 is 0. The second kappa shape index (κ2) is 18.6. The topological polar surface area (TPSA) is 132 Å². The largest absolute Gasteiger partial charge is 0.507 e. The van der Waals surface area contributed by atoms with Gasteiger partial charge in [0.15, 0.2) is 0 Å². The van der Waals surface area contributed by atoms with Gasteiger partial charge in [0.05, 0.1) is 14.2 Å². The molecule has 1 atom stereocenters. The third-order valence-electron chi connectivity index (χ3n) is 11.6. The molecule has 2 saturated heterocycles. The maximum absolute atomic E-state index is 13.0. The number of piperazine rings is 1. The molecule has 2 N–H and O–H groups in total. The first-order valence-corrected chi connectivity index (χ1v) is 19.3. The number of urea groups is 1. The van der Waals surface area contributed by atoms with Crippen LogP contribution in [0.5, 0.6) is 5.75 Å². The van der Waals surface area contributed by atoms with E-state index in [1.54, 1.807) is 4.90 Å². The molecule has 4 aliphatic rings. The summed E-state index contributed by atoms with van der Waals surface area (Å²) in [7, 11) is 2.86. The molecule has 0 spiro atoms. The number of phenols is 1. The molecule has 0 aromatic heterocycles. The number of rotatable bonds is 7. The summed E-state index contributed by atoms with van der Waals surface area (Å²) in [6.45, 7) is 11.2. The highest BCUT2D eigenvalue weighted by molar-refractivity contribution is 5.91. The summed E-state index contributed by atoms with van der Waals surface area (Å²) in [6, 6.07) is 12.6. The van der Waals surface area contributed by atoms with Crippen molar-refractivity contribution in [3.8, 4) is 5.75 Å². The molecule has 1 aliphatic carbocycles. The fourth-order valence-electron chi connectivity index (χ4n) is 8.48. The Hall–Kier alpha value is -4.32. The number of hydrogen-bond acceptors (Lipinski definition) is 8. The zero-order chi connectivity index (χ0) is 38.1. The first-order chi connectivity index (χ1) is 25.5. The van der Waals surface area contributed by atoms with Crippen LogP contribution in [0.1, 0.15) is 74.1 Å².